The minimum atomic E-state index is 0.0683. The Balaban J connectivity index is 2.12. The summed E-state index contributed by atoms with van der Waals surface area (Å²) in [5.41, 5.74) is 0.991. The molecule has 1 aromatic rings. The van der Waals surface area contributed by atoms with Crippen LogP contribution >= 0.6 is 11.6 Å². The highest BCUT2D eigenvalue weighted by molar-refractivity contribution is 6.31. The largest absolute Gasteiger partial charge is 0.494 e. The van der Waals surface area contributed by atoms with Gasteiger partial charge < -0.3 is 15.4 Å². The lowest BCUT2D eigenvalue weighted by Crippen LogP contribution is -2.31. The van der Waals surface area contributed by atoms with E-state index in [9.17, 15) is 4.79 Å². The molecular weight excluding hydrogens is 276 g/mol. The first kappa shape index (κ1) is 16.8. The molecule has 0 aliphatic rings. The fourth-order valence-corrected chi connectivity index (χ4v) is 1.80. The second-order valence-electron chi connectivity index (χ2n) is 4.57. The average molecular weight is 299 g/mol. The van der Waals surface area contributed by atoms with Gasteiger partial charge in [0.25, 0.3) is 0 Å². The maximum absolute atomic E-state index is 11.5. The van der Waals surface area contributed by atoms with Crippen molar-refractivity contribution in [1.82, 2.24) is 10.6 Å². The van der Waals surface area contributed by atoms with Crippen molar-refractivity contribution in [3.05, 3.63) is 28.8 Å². The van der Waals surface area contributed by atoms with Crippen molar-refractivity contribution in [2.24, 2.45) is 0 Å². The lowest BCUT2D eigenvalue weighted by atomic mass is 10.2. The highest BCUT2D eigenvalue weighted by Crippen LogP contribution is 2.21. The molecule has 0 unspecified atom stereocenters. The van der Waals surface area contributed by atoms with E-state index in [0.29, 0.717) is 26.0 Å². The van der Waals surface area contributed by atoms with Crippen LogP contribution in [0.4, 0.5) is 0 Å². The molecule has 0 spiro atoms. The van der Waals surface area contributed by atoms with E-state index in [1.165, 1.54) is 0 Å². The molecule has 0 bridgehead atoms. The Morgan fingerprint density at radius 1 is 1.35 bits per heavy atom. The Kier molecular flexibility index (Phi) is 8.07. The van der Waals surface area contributed by atoms with Crippen LogP contribution in [0.1, 0.15) is 25.3 Å². The number of hydrogen-bond acceptors (Lipinski definition) is 3. The van der Waals surface area contributed by atoms with Gasteiger partial charge in [0.15, 0.2) is 0 Å². The average Bonchev–Trinajstić information content (AvgIpc) is 2.43. The second-order valence-corrected chi connectivity index (χ2v) is 4.97. The van der Waals surface area contributed by atoms with Gasteiger partial charge in [0.05, 0.1) is 6.61 Å². The van der Waals surface area contributed by atoms with Crippen LogP contribution in [0.15, 0.2) is 18.2 Å². The summed E-state index contributed by atoms with van der Waals surface area (Å²) in [6.07, 6.45) is 1.19. The molecule has 1 rings (SSSR count). The highest BCUT2D eigenvalue weighted by Gasteiger charge is 2.02. The van der Waals surface area contributed by atoms with Gasteiger partial charge in [-0.1, -0.05) is 18.5 Å². The fraction of sp³-hybridized carbons (Fsp3) is 0.533. The lowest BCUT2D eigenvalue weighted by Gasteiger charge is -2.08. The third-order valence-corrected chi connectivity index (χ3v) is 3.24. The number of rotatable bonds is 9. The van der Waals surface area contributed by atoms with E-state index in [4.69, 9.17) is 16.3 Å². The van der Waals surface area contributed by atoms with Crippen LogP contribution in [0.2, 0.25) is 5.02 Å². The number of amides is 1. The first-order valence-electron chi connectivity index (χ1n) is 7.00. The summed E-state index contributed by atoms with van der Waals surface area (Å²) in [4.78, 5) is 11.5. The Labute approximate surface area is 125 Å². The molecule has 2 N–H and O–H groups in total. The van der Waals surface area contributed by atoms with E-state index in [1.54, 1.807) is 0 Å². The molecule has 112 valence electrons. The van der Waals surface area contributed by atoms with Crippen LogP contribution in [-0.2, 0) is 4.79 Å². The summed E-state index contributed by atoms with van der Waals surface area (Å²) in [5.74, 6) is 0.859. The van der Waals surface area contributed by atoms with Crippen molar-refractivity contribution < 1.29 is 9.53 Å². The van der Waals surface area contributed by atoms with E-state index in [2.05, 4.69) is 10.6 Å². The standard InChI is InChI=1S/C15H23ClN2O2/c1-3-17-8-9-18-15(19)5-4-10-20-13-6-7-14(16)12(2)11-13/h6-7,11,17H,3-5,8-10H2,1-2H3,(H,18,19). The molecule has 5 heteroatoms. The Morgan fingerprint density at radius 2 is 2.15 bits per heavy atom. The molecule has 1 amide bonds. The number of halogens is 1. The number of nitrogens with one attached hydrogen (secondary N) is 2. The second kappa shape index (κ2) is 9.61. The molecule has 0 aliphatic carbocycles. The van der Waals surface area contributed by atoms with Crippen LogP contribution in [0.5, 0.6) is 5.75 Å². The molecule has 0 heterocycles. The molecule has 0 aliphatic heterocycles. The van der Waals surface area contributed by atoms with Gasteiger partial charge in [0.1, 0.15) is 5.75 Å². The lowest BCUT2D eigenvalue weighted by molar-refractivity contribution is -0.121. The van der Waals surface area contributed by atoms with E-state index < -0.39 is 0 Å². The van der Waals surface area contributed by atoms with Crippen LogP contribution < -0.4 is 15.4 Å². The third kappa shape index (κ3) is 6.78. The van der Waals surface area contributed by atoms with Crippen molar-refractivity contribution in [2.45, 2.75) is 26.7 Å². The van der Waals surface area contributed by atoms with Crippen molar-refractivity contribution in [1.29, 1.82) is 0 Å². The Bertz CT molecular complexity index is 424. The van der Waals surface area contributed by atoms with E-state index in [1.807, 2.05) is 32.0 Å². The predicted molar refractivity (Wildman–Crippen MR) is 82.5 cm³/mol. The highest BCUT2D eigenvalue weighted by atomic mass is 35.5. The molecule has 0 saturated carbocycles. The van der Waals surface area contributed by atoms with Gasteiger partial charge in [-0.15, -0.1) is 0 Å². The minimum absolute atomic E-state index is 0.0683. The molecule has 0 fully saturated rings. The maximum Gasteiger partial charge on any atom is 0.220 e. The van der Waals surface area contributed by atoms with Gasteiger partial charge >= 0.3 is 0 Å². The molecule has 0 aromatic heterocycles. The molecule has 0 atom stereocenters. The molecule has 1 aromatic carbocycles. The summed E-state index contributed by atoms with van der Waals surface area (Å²) in [6.45, 7) is 6.91. The summed E-state index contributed by atoms with van der Waals surface area (Å²) >= 11 is 5.94. The van der Waals surface area contributed by atoms with Gasteiger partial charge in [-0.2, -0.15) is 0 Å². The summed E-state index contributed by atoms with van der Waals surface area (Å²) < 4.78 is 5.58. The zero-order valence-electron chi connectivity index (χ0n) is 12.2. The number of carbonyl (C=O) groups excluding carboxylic acids is 1. The third-order valence-electron chi connectivity index (χ3n) is 2.82. The monoisotopic (exact) mass is 298 g/mol. The minimum Gasteiger partial charge on any atom is -0.494 e. The van der Waals surface area contributed by atoms with Gasteiger partial charge in [-0.3, -0.25) is 4.79 Å². The zero-order valence-corrected chi connectivity index (χ0v) is 12.9. The number of benzene rings is 1. The Morgan fingerprint density at radius 3 is 2.85 bits per heavy atom. The maximum atomic E-state index is 11.5. The molecule has 0 radical (unpaired) electrons. The molecule has 0 saturated heterocycles. The van der Waals surface area contributed by atoms with Crippen LogP contribution in [0.25, 0.3) is 0 Å². The smallest absolute Gasteiger partial charge is 0.220 e. The van der Waals surface area contributed by atoms with Crippen LogP contribution in [0, 0.1) is 6.92 Å². The van der Waals surface area contributed by atoms with E-state index in [0.717, 1.165) is 29.4 Å². The SMILES string of the molecule is CCNCCNC(=O)CCCOc1ccc(Cl)c(C)c1. The first-order chi connectivity index (χ1) is 9.63. The van der Waals surface area contributed by atoms with Crippen LogP contribution in [0.3, 0.4) is 0 Å². The number of ether oxygens (including phenoxy) is 1. The number of aryl methyl sites for hydroxylation is 1. The van der Waals surface area contributed by atoms with Gasteiger partial charge in [-0.05, 0) is 43.7 Å². The predicted octanol–water partition coefficient (Wildman–Crippen LogP) is 2.53. The molecule has 20 heavy (non-hydrogen) atoms. The number of hydrogen-bond donors (Lipinski definition) is 2. The van der Waals surface area contributed by atoms with E-state index >= 15 is 0 Å². The van der Waals surface area contributed by atoms with E-state index in [-0.39, 0.29) is 5.91 Å². The Hall–Kier alpha value is -1.26. The van der Waals surface area contributed by atoms with Gasteiger partial charge in [-0.25, -0.2) is 0 Å². The van der Waals surface area contributed by atoms with Crippen molar-refractivity contribution in [3.8, 4) is 5.75 Å². The van der Waals surface area contributed by atoms with Gasteiger partial charge in [0, 0.05) is 24.5 Å². The quantitative estimate of drug-likeness (QED) is 0.689. The fourth-order valence-electron chi connectivity index (χ4n) is 1.69. The summed E-state index contributed by atoms with van der Waals surface area (Å²) in [7, 11) is 0. The van der Waals surface area contributed by atoms with Crippen molar-refractivity contribution >= 4 is 17.5 Å². The zero-order chi connectivity index (χ0) is 14.8. The van der Waals surface area contributed by atoms with Crippen LogP contribution in [-0.4, -0.2) is 32.1 Å². The number of carbonyl (C=O) groups is 1. The first-order valence-corrected chi connectivity index (χ1v) is 7.37. The topological polar surface area (TPSA) is 50.4 Å². The van der Waals surface area contributed by atoms with Gasteiger partial charge in [0.2, 0.25) is 5.91 Å². The summed E-state index contributed by atoms with van der Waals surface area (Å²) in [5, 5.41) is 6.74. The molecule has 4 nitrogen and oxygen atoms in total. The number of likely N-dealkylation sites (N-methyl/N-ethyl adjacent to an activating group) is 1. The molecular formula is C15H23ClN2O2. The van der Waals surface area contributed by atoms with Crippen molar-refractivity contribution in [2.75, 3.05) is 26.2 Å². The summed E-state index contributed by atoms with van der Waals surface area (Å²) in [6, 6.07) is 5.56. The normalized spacial score (nSPS) is 10.3. The van der Waals surface area contributed by atoms with Crippen molar-refractivity contribution in [3.63, 3.8) is 0 Å².